The van der Waals surface area contributed by atoms with Crippen molar-refractivity contribution in [1.82, 2.24) is 14.9 Å². The highest BCUT2D eigenvalue weighted by Crippen LogP contribution is 2.29. The van der Waals surface area contributed by atoms with Crippen LogP contribution in [0.4, 0.5) is 4.79 Å². The Morgan fingerprint density at radius 3 is 2.85 bits per heavy atom. The van der Waals surface area contributed by atoms with E-state index < -0.39 is 5.60 Å². The highest BCUT2D eigenvalue weighted by atomic mass is 16.6. The van der Waals surface area contributed by atoms with E-state index in [4.69, 9.17) is 4.74 Å². The lowest BCUT2D eigenvalue weighted by molar-refractivity contribution is 0.0522. The van der Waals surface area contributed by atoms with Gasteiger partial charge in [0.15, 0.2) is 0 Å². The first-order valence-electron chi connectivity index (χ1n) is 7.40. The summed E-state index contributed by atoms with van der Waals surface area (Å²) in [4.78, 5) is 15.8. The zero-order valence-electron chi connectivity index (χ0n) is 12.7. The maximum Gasteiger partial charge on any atom is 0.407 e. The Morgan fingerprint density at radius 1 is 1.50 bits per heavy atom. The number of carbonyl (C=O) groups excluding carboxylic acids is 1. The van der Waals surface area contributed by atoms with Crippen LogP contribution in [0.5, 0.6) is 0 Å². The number of hydrogen-bond acceptors (Lipinski definition) is 3. The maximum atomic E-state index is 11.6. The molecule has 0 saturated heterocycles. The van der Waals surface area contributed by atoms with Crippen LogP contribution in [0.1, 0.15) is 52.1 Å². The van der Waals surface area contributed by atoms with Crippen LogP contribution < -0.4 is 5.32 Å². The van der Waals surface area contributed by atoms with Crippen LogP contribution in [0, 0.1) is 5.92 Å². The van der Waals surface area contributed by atoms with E-state index >= 15 is 0 Å². The van der Waals surface area contributed by atoms with E-state index in [1.54, 1.807) is 6.20 Å². The fourth-order valence-electron chi connectivity index (χ4n) is 2.28. The molecule has 1 heterocycles. The second-order valence-corrected chi connectivity index (χ2v) is 6.52. The molecule has 0 aromatic carbocycles. The lowest BCUT2D eigenvalue weighted by atomic mass is 9.83. The van der Waals surface area contributed by atoms with Crippen molar-refractivity contribution in [3.63, 3.8) is 0 Å². The Kier molecular flexibility index (Phi) is 4.68. The monoisotopic (exact) mass is 279 g/mol. The van der Waals surface area contributed by atoms with Gasteiger partial charge in [-0.2, -0.15) is 0 Å². The highest BCUT2D eigenvalue weighted by molar-refractivity contribution is 5.67. The molecule has 1 aromatic rings. The van der Waals surface area contributed by atoms with Gasteiger partial charge in [0.25, 0.3) is 0 Å². The fraction of sp³-hybridized carbons (Fsp3) is 0.733. The van der Waals surface area contributed by atoms with Gasteiger partial charge in [-0.1, -0.05) is 19.3 Å². The molecule has 1 fully saturated rings. The molecule has 5 heteroatoms. The second kappa shape index (κ2) is 6.29. The van der Waals surface area contributed by atoms with E-state index in [1.807, 2.05) is 27.1 Å². The number of carbonyl (C=O) groups is 1. The number of hydrogen-bond donors (Lipinski definition) is 1. The number of amides is 1. The minimum atomic E-state index is -0.464. The van der Waals surface area contributed by atoms with Crippen LogP contribution in [0.15, 0.2) is 12.5 Å². The maximum absolute atomic E-state index is 11.6. The van der Waals surface area contributed by atoms with Crippen LogP contribution >= 0.6 is 0 Å². The smallest absolute Gasteiger partial charge is 0.407 e. The molecule has 0 spiro atoms. The third-order valence-corrected chi connectivity index (χ3v) is 3.61. The number of ether oxygens (including phenoxy) is 1. The van der Waals surface area contributed by atoms with Crippen molar-refractivity contribution in [2.45, 2.75) is 65.1 Å². The van der Waals surface area contributed by atoms with Crippen molar-refractivity contribution in [3.8, 4) is 0 Å². The van der Waals surface area contributed by atoms with Gasteiger partial charge in [-0.15, -0.1) is 0 Å². The molecule has 1 amide bonds. The van der Waals surface area contributed by atoms with Gasteiger partial charge in [0, 0.05) is 12.7 Å². The van der Waals surface area contributed by atoms with E-state index in [2.05, 4.69) is 14.9 Å². The summed E-state index contributed by atoms with van der Waals surface area (Å²) >= 11 is 0. The number of imidazole rings is 1. The van der Waals surface area contributed by atoms with E-state index in [9.17, 15) is 4.79 Å². The molecule has 1 aromatic heterocycles. The average molecular weight is 279 g/mol. The van der Waals surface area contributed by atoms with Gasteiger partial charge in [0.2, 0.25) is 0 Å². The molecule has 2 rings (SSSR count). The van der Waals surface area contributed by atoms with E-state index in [0.717, 1.165) is 18.2 Å². The highest BCUT2D eigenvalue weighted by Gasteiger charge is 2.18. The molecular weight excluding hydrogens is 254 g/mol. The third kappa shape index (κ3) is 4.54. The largest absolute Gasteiger partial charge is 0.444 e. The average Bonchev–Trinajstić information content (AvgIpc) is 2.69. The Bertz CT molecular complexity index is 444. The second-order valence-electron chi connectivity index (χ2n) is 6.52. The predicted molar refractivity (Wildman–Crippen MR) is 77.3 cm³/mol. The predicted octanol–water partition coefficient (Wildman–Crippen LogP) is 3.10. The zero-order chi connectivity index (χ0) is 14.6. The van der Waals surface area contributed by atoms with Crippen LogP contribution in [-0.2, 0) is 17.8 Å². The van der Waals surface area contributed by atoms with Crippen molar-refractivity contribution < 1.29 is 9.53 Å². The summed E-state index contributed by atoms with van der Waals surface area (Å²) in [5.41, 5.74) is 0.560. The molecule has 112 valence electrons. The summed E-state index contributed by atoms with van der Waals surface area (Å²) in [7, 11) is 0. The van der Waals surface area contributed by atoms with Gasteiger partial charge in [0.1, 0.15) is 5.60 Å². The molecule has 0 bridgehead atoms. The van der Waals surface area contributed by atoms with Crippen LogP contribution in [-0.4, -0.2) is 21.2 Å². The van der Waals surface area contributed by atoms with E-state index in [0.29, 0.717) is 6.54 Å². The van der Waals surface area contributed by atoms with E-state index in [1.165, 1.54) is 25.7 Å². The Morgan fingerprint density at radius 2 is 2.25 bits per heavy atom. The Labute approximate surface area is 120 Å². The number of nitrogens with one attached hydrogen (secondary N) is 1. The topological polar surface area (TPSA) is 56.1 Å². The Hall–Kier alpha value is -1.52. The molecule has 0 unspecified atom stereocenters. The number of aromatic nitrogens is 2. The van der Waals surface area contributed by atoms with E-state index in [-0.39, 0.29) is 6.09 Å². The molecule has 5 nitrogen and oxygen atoms in total. The van der Waals surface area contributed by atoms with Crippen molar-refractivity contribution in [1.29, 1.82) is 0 Å². The van der Waals surface area contributed by atoms with Crippen LogP contribution in [0.3, 0.4) is 0 Å². The molecule has 0 atom stereocenters. The van der Waals surface area contributed by atoms with Crippen LogP contribution in [0.2, 0.25) is 0 Å². The summed E-state index contributed by atoms with van der Waals surface area (Å²) in [5.74, 6) is 0.879. The first kappa shape index (κ1) is 14.9. The number of alkyl carbamates (subject to hydrolysis) is 1. The Balaban J connectivity index is 1.77. The number of nitrogens with zero attached hydrogens (tertiary/aromatic N) is 2. The molecular formula is C15H25N3O2. The molecule has 1 aliphatic rings. The van der Waals surface area contributed by atoms with Crippen molar-refractivity contribution >= 4 is 6.09 Å². The molecule has 20 heavy (non-hydrogen) atoms. The summed E-state index contributed by atoms with van der Waals surface area (Å²) in [6, 6.07) is 0. The van der Waals surface area contributed by atoms with Gasteiger partial charge in [-0.05, 0) is 33.1 Å². The molecule has 0 radical (unpaired) electrons. The van der Waals surface area contributed by atoms with Gasteiger partial charge < -0.3 is 14.6 Å². The summed E-state index contributed by atoms with van der Waals surface area (Å²) in [6.45, 7) is 7.01. The fourth-order valence-corrected chi connectivity index (χ4v) is 2.28. The molecule has 1 N–H and O–H groups in total. The van der Waals surface area contributed by atoms with Gasteiger partial charge in [-0.3, -0.25) is 0 Å². The van der Waals surface area contributed by atoms with Crippen molar-refractivity contribution in [2.24, 2.45) is 5.92 Å². The summed E-state index contributed by atoms with van der Waals surface area (Å²) in [5, 5.41) is 2.78. The molecule has 0 aliphatic heterocycles. The van der Waals surface area contributed by atoms with Gasteiger partial charge in [0.05, 0.1) is 18.6 Å². The summed E-state index contributed by atoms with van der Waals surface area (Å²) < 4.78 is 7.34. The number of aryl methyl sites for hydroxylation is 1. The van der Waals surface area contributed by atoms with Gasteiger partial charge in [-0.25, -0.2) is 9.78 Å². The van der Waals surface area contributed by atoms with Gasteiger partial charge >= 0.3 is 6.09 Å². The third-order valence-electron chi connectivity index (χ3n) is 3.61. The standard InChI is InChI=1S/C15H25N3O2/c1-15(2,3)20-14(19)17-10-13-9-16-11-18(13)8-7-12-5-4-6-12/h9,11-12H,4-8,10H2,1-3H3,(H,17,19). The molecule has 1 aliphatic carbocycles. The normalized spacial score (nSPS) is 15.8. The van der Waals surface area contributed by atoms with Crippen LogP contribution in [0.25, 0.3) is 0 Å². The van der Waals surface area contributed by atoms with Crippen molar-refractivity contribution in [3.05, 3.63) is 18.2 Å². The lowest BCUT2D eigenvalue weighted by Gasteiger charge is -2.25. The molecule has 1 saturated carbocycles. The number of rotatable bonds is 5. The lowest BCUT2D eigenvalue weighted by Crippen LogP contribution is -2.32. The summed E-state index contributed by atoms with van der Waals surface area (Å²) in [6.07, 6.45) is 8.56. The first-order chi connectivity index (χ1) is 9.44. The SMILES string of the molecule is CC(C)(C)OC(=O)NCc1cncn1CCC1CCC1. The minimum absolute atomic E-state index is 0.385. The minimum Gasteiger partial charge on any atom is -0.444 e. The zero-order valence-corrected chi connectivity index (χ0v) is 12.7. The van der Waals surface area contributed by atoms with Crippen molar-refractivity contribution in [2.75, 3.05) is 0 Å². The quantitative estimate of drug-likeness (QED) is 0.901. The first-order valence-corrected chi connectivity index (χ1v) is 7.40.